The summed E-state index contributed by atoms with van der Waals surface area (Å²) in [6, 6.07) is 12.5. The van der Waals surface area contributed by atoms with Gasteiger partial charge in [0.1, 0.15) is 5.75 Å². The quantitative estimate of drug-likeness (QED) is 0.753. The summed E-state index contributed by atoms with van der Waals surface area (Å²) in [5.41, 5.74) is 3.06. The van der Waals surface area contributed by atoms with Crippen LogP contribution in [0.2, 0.25) is 0 Å². The van der Waals surface area contributed by atoms with E-state index < -0.39 is 12.1 Å². The molecule has 2 rings (SSSR count). The van der Waals surface area contributed by atoms with E-state index in [9.17, 15) is 9.59 Å². The number of aryl methyl sites for hydroxylation is 2. The number of anilines is 1. The number of carbonyl (C=O) groups excluding carboxylic acids is 2. The molecule has 0 radical (unpaired) electrons. The molecule has 0 saturated heterocycles. The molecule has 1 unspecified atom stereocenters. The monoisotopic (exact) mass is 355 g/mol. The molecule has 0 fully saturated rings. The molecule has 1 atom stereocenters. The van der Waals surface area contributed by atoms with Gasteiger partial charge < -0.3 is 14.8 Å². The zero-order valence-corrected chi connectivity index (χ0v) is 15.7. The molecule has 2 aromatic carbocycles. The molecule has 0 aromatic heterocycles. The lowest BCUT2D eigenvalue weighted by Gasteiger charge is -2.19. The number of carbonyl (C=O) groups is 2. The fraction of sp³-hybridized carbons (Fsp3) is 0.333. The maximum atomic E-state index is 12.6. The standard InChI is InChI=1S/C21H25NO4/c1-5-18(26-19-11-10-14(3)12-15(19)4)20(23)22-17-9-7-8-16(13-17)21(24)25-6-2/h7-13,18H,5-6H2,1-4H3,(H,22,23). The third kappa shape index (κ3) is 5.09. The Morgan fingerprint density at radius 3 is 2.50 bits per heavy atom. The fourth-order valence-electron chi connectivity index (χ4n) is 2.57. The zero-order valence-electron chi connectivity index (χ0n) is 15.7. The molecule has 0 aliphatic rings. The Morgan fingerprint density at radius 2 is 1.85 bits per heavy atom. The second kappa shape index (κ2) is 9.04. The van der Waals surface area contributed by atoms with E-state index in [4.69, 9.17) is 9.47 Å². The van der Waals surface area contributed by atoms with E-state index in [-0.39, 0.29) is 5.91 Å². The van der Waals surface area contributed by atoms with Crippen molar-refractivity contribution in [1.29, 1.82) is 0 Å². The van der Waals surface area contributed by atoms with Crippen LogP contribution in [0.25, 0.3) is 0 Å². The summed E-state index contributed by atoms with van der Waals surface area (Å²) in [5.74, 6) is 0.0218. The van der Waals surface area contributed by atoms with Gasteiger partial charge in [-0.2, -0.15) is 0 Å². The molecule has 0 heterocycles. The third-order valence-electron chi connectivity index (χ3n) is 3.90. The van der Waals surface area contributed by atoms with Gasteiger partial charge in [0, 0.05) is 5.69 Å². The molecular formula is C21H25NO4. The highest BCUT2D eigenvalue weighted by atomic mass is 16.5. The van der Waals surface area contributed by atoms with Crippen LogP contribution < -0.4 is 10.1 Å². The number of nitrogens with one attached hydrogen (secondary N) is 1. The summed E-state index contributed by atoms with van der Waals surface area (Å²) in [4.78, 5) is 24.4. The van der Waals surface area contributed by atoms with Gasteiger partial charge in [0.15, 0.2) is 6.10 Å². The minimum Gasteiger partial charge on any atom is -0.480 e. The van der Waals surface area contributed by atoms with E-state index in [1.54, 1.807) is 31.2 Å². The molecular weight excluding hydrogens is 330 g/mol. The topological polar surface area (TPSA) is 64.6 Å². The number of amides is 1. The highest BCUT2D eigenvalue weighted by Crippen LogP contribution is 2.21. The van der Waals surface area contributed by atoms with Gasteiger partial charge in [0.2, 0.25) is 0 Å². The first-order valence-corrected chi connectivity index (χ1v) is 8.76. The van der Waals surface area contributed by atoms with E-state index in [0.717, 1.165) is 11.1 Å². The number of hydrogen-bond donors (Lipinski definition) is 1. The van der Waals surface area contributed by atoms with Gasteiger partial charge in [-0.1, -0.05) is 30.7 Å². The van der Waals surface area contributed by atoms with Crippen molar-refractivity contribution < 1.29 is 19.1 Å². The maximum absolute atomic E-state index is 12.6. The molecule has 0 saturated carbocycles. The van der Waals surface area contributed by atoms with Crippen molar-refractivity contribution in [2.75, 3.05) is 11.9 Å². The second-order valence-electron chi connectivity index (χ2n) is 6.07. The lowest BCUT2D eigenvalue weighted by molar-refractivity contribution is -0.122. The van der Waals surface area contributed by atoms with Crippen LogP contribution in [-0.4, -0.2) is 24.6 Å². The Morgan fingerprint density at radius 1 is 1.08 bits per heavy atom. The van der Waals surface area contributed by atoms with Crippen molar-refractivity contribution in [3.8, 4) is 5.75 Å². The number of rotatable bonds is 7. The van der Waals surface area contributed by atoms with Crippen LogP contribution in [0.3, 0.4) is 0 Å². The lowest BCUT2D eigenvalue weighted by Crippen LogP contribution is -2.32. The largest absolute Gasteiger partial charge is 0.480 e. The van der Waals surface area contributed by atoms with Gasteiger partial charge in [-0.3, -0.25) is 4.79 Å². The van der Waals surface area contributed by atoms with Crippen LogP contribution in [0.5, 0.6) is 5.75 Å². The minimum atomic E-state index is -0.623. The number of esters is 1. The highest BCUT2D eigenvalue weighted by molar-refractivity contribution is 5.96. The minimum absolute atomic E-state index is 0.256. The van der Waals surface area contributed by atoms with Gasteiger partial charge in [0.05, 0.1) is 12.2 Å². The molecule has 0 aliphatic carbocycles. The summed E-state index contributed by atoms with van der Waals surface area (Å²) in [6.07, 6.45) is -0.0980. The average molecular weight is 355 g/mol. The average Bonchev–Trinajstić information content (AvgIpc) is 2.61. The van der Waals surface area contributed by atoms with Gasteiger partial charge in [-0.25, -0.2) is 4.79 Å². The van der Waals surface area contributed by atoms with Crippen LogP contribution in [0.4, 0.5) is 5.69 Å². The first-order valence-electron chi connectivity index (χ1n) is 8.76. The van der Waals surface area contributed by atoms with Gasteiger partial charge in [0.25, 0.3) is 5.91 Å². The predicted molar refractivity (Wildman–Crippen MR) is 102 cm³/mol. The van der Waals surface area contributed by atoms with E-state index in [1.807, 2.05) is 39.0 Å². The molecule has 26 heavy (non-hydrogen) atoms. The molecule has 1 N–H and O–H groups in total. The van der Waals surface area contributed by atoms with Crippen molar-refractivity contribution in [2.24, 2.45) is 0 Å². The molecule has 0 aliphatic heterocycles. The molecule has 5 heteroatoms. The Hall–Kier alpha value is -2.82. The van der Waals surface area contributed by atoms with Gasteiger partial charge in [-0.15, -0.1) is 0 Å². The van der Waals surface area contributed by atoms with E-state index in [2.05, 4.69) is 5.32 Å². The smallest absolute Gasteiger partial charge is 0.338 e. The van der Waals surface area contributed by atoms with E-state index >= 15 is 0 Å². The van der Waals surface area contributed by atoms with Crippen molar-refractivity contribution in [3.63, 3.8) is 0 Å². The number of hydrogen-bond acceptors (Lipinski definition) is 4. The summed E-state index contributed by atoms with van der Waals surface area (Å²) < 4.78 is 10.9. The van der Waals surface area contributed by atoms with Crippen molar-refractivity contribution in [2.45, 2.75) is 40.2 Å². The summed E-state index contributed by atoms with van der Waals surface area (Å²) in [6.45, 7) is 7.91. The molecule has 2 aromatic rings. The molecule has 5 nitrogen and oxygen atoms in total. The first-order chi connectivity index (χ1) is 12.4. The Bertz CT molecular complexity index is 785. The summed E-state index contributed by atoms with van der Waals surface area (Å²) in [7, 11) is 0. The normalized spacial score (nSPS) is 11.5. The summed E-state index contributed by atoms with van der Waals surface area (Å²) in [5, 5.41) is 2.81. The van der Waals surface area contributed by atoms with Crippen molar-refractivity contribution in [3.05, 3.63) is 59.2 Å². The second-order valence-corrected chi connectivity index (χ2v) is 6.07. The molecule has 1 amide bonds. The van der Waals surface area contributed by atoms with Crippen LogP contribution >= 0.6 is 0 Å². The SMILES string of the molecule is CCOC(=O)c1cccc(NC(=O)C(CC)Oc2ccc(C)cc2C)c1. The van der Waals surface area contributed by atoms with Crippen LogP contribution in [0.15, 0.2) is 42.5 Å². The van der Waals surface area contributed by atoms with Crippen molar-refractivity contribution >= 4 is 17.6 Å². The van der Waals surface area contributed by atoms with Crippen molar-refractivity contribution in [1.82, 2.24) is 0 Å². The molecule has 0 bridgehead atoms. The van der Waals surface area contributed by atoms with E-state index in [0.29, 0.717) is 30.0 Å². The van der Waals surface area contributed by atoms with Crippen LogP contribution in [0.1, 0.15) is 41.8 Å². The Balaban J connectivity index is 2.09. The highest BCUT2D eigenvalue weighted by Gasteiger charge is 2.20. The lowest BCUT2D eigenvalue weighted by atomic mass is 10.1. The van der Waals surface area contributed by atoms with Gasteiger partial charge >= 0.3 is 5.97 Å². The zero-order chi connectivity index (χ0) is 19.1. The summed E-state index contributed by atoms with van der Waals surface area (Å²) >= 11 is 0. The molecule has 138 valence electrons. The van der Waals surface area contributed by atoms with E-state index in [1.165, 1.54) is 0 Å². The Labute approximate surface area is 154 Å². The predicted octanol–water partition coefficient (Wildman–Crippen LogP) is 4.28. The number of benzene rings is 2. The third-order valence-corrected chi connectivity index (χ3v) is 3.90. The fourth-order valence-corrected chi connectivity index (χ4v) is 2.57. The maximum Gasteiger partial charge on any atom is 0.338 e. The van der Waals surface area contributed by atoms with Crippen LogP contribution in [-0.2, 0) is 9.53 Å². The Kier molecular flexibility index (Phi) is 6.78. The molecule has 0 spiro atoms. The first kappa shape index (κ1) is 19.5. The van der Waals surface area contributed by atoms with Crippen LogP contribution in [0, 0.1) is 13.8 Å². The van der Waals surface area contributed by atoms with Gasteiger partial charge in [-0.05, 0) is 57.0 Å². The number of ether oxygens (including phenoxy) is 2.